The molecule has 1 unspecified atom stereocenters. The fraction of sp³-hybridized carbons (Fsp3) is 0.125. The molecule has 21 heavy (non-hydrogen) atoms. The van der Waals surface area contributed by atoms with Crippen LogP contribution in [0.15, 0.2) is 66.1 Å². The van der Waals surface area contributed by atoms with Crippen LogP contribution in [0.25, 0.3) is 6.08 Å². The zero-order valence-electron chi connectivity index (χ0n) is 11.4. The predicted molar refractivity (Wildman–Crippen MR) is 83.8 cm³/mol. The highest BCUT2D eigenvalue weighted by Crippen LogP contribution is 2.13. The first kappa shape index (κ1) is 15.4. The van der Waals surface area contributed by atoms with Gasteiger partial charge >= 0.3 is 0 Å². The standard InChI is InChI=1S/C16H17NO3S/c18-13-16(15-9-5-2-6-10-15)17-21(19,20)12-11-14-7-3-1-4-8-14/h1-12,16-18H,13H2. The highest BCUT2D eigenvalue weighted by atomic mass is 32.2. The average Bonchev–Trinajstić information content (AvgIpc) is 2.53. The lowest BCUT2D eigenvalue weighted by Gasteiger charge is -2.15. The maximum absolute atomic E-state index is 12.0. The van der Waals surface area contributed by atoms with Gasteiger partial charge in [-0.05, 0) is 17.2 Å². The quantitative estimate of drug-likeness (QED) is 0.860. The molecule has 0 aromatic heterocycles. The number of nitrogens with one attached hydrogen (secondary N) is 1. The maximum atomic E-state index is 12.0. The molecule has 2 aromatic carbocycles. The second-order valence-corrected chi connectivity index (χ2v) is 6.12. The van der Waals surface area contributed by atoms with Gasteiger partial charge in [0.25, 0.3) is 0 Å². The number of hydrogen-bond donors (Lipinski definition) is 2. The van der Waals surface area contributed by atoms with Crippen LogP contribution < -0.4 is 4.72 Å². The van der Waals surface area contributed by atoms with Crippen molar-refractivity contribution < 1.29 is 13.5 Å². The molecule has 2 N–H and O–H groups in total. The van der Waals surface area contributed by atoms with Crippen LogP contribution in [-0.4, -0.2) is 20.1 Å². The number of rotatable bonds is 6. The van der Waals surface area contributed by atoms with Crippen molar-refractivity contribution in [3.8, 4) is 0 Å². The number of sulfonamides is 1. The molecule has 0 fully saturated rings. The second kappa shape index (κ2) is 7.17. The predicted octanol–water partition coefficient (Wildman–Crippen LogP) is 2.31. The van der Waals surface area contributed by atoms with Gasteiger partial charge < -0.3 is 5.11 Å². The first-order chi connectivity index (χ1) is 10.1. The number of aliphatic hydroxyl groups is 1. The fourth-order valence-corrected chi connectivity index (χ4v) is 2.89. The van der Waals surface area contributed by atoms with Crippen LogP contribution in [0.3, 0.4) is 0 Å². The summed E-state index contributed by atoms with van der Waals surface area (Å²) >= 11 is 0. The van der Waals surface area contributed by atoms with E-state index in [0.29, 0.717) is 0 Å². The maximum Gasteiger partial charge on any atom is 0.234 e. The molecule has 2 aromatic rings. The summed E-state index contributed by atoms with van der Waals surface area (Å²) in [5.74, 6) is 0. The summed E-state index contributed by atoms with van der Waals surface area (Å²) in [6.07, 6.45) is 1.52. The van der Waals surface area contributed by atoms with Crippen molar-refractivity contribution in [3.05, 3.63) is 77.2 Å². The van der Waals surface area contributed by atoms with Gasteiger partial charge in [0, 0.05) is 5.41 Å². The third-order valence-corrected chi connectivity index (χ3v) is 4.04. The topological polar surface area (TPSA) is 66.4 Å². The monoisotopic (exact) mass is 303 g/mol. The summed E-state index contributed by atoms with van der Waals surface area (Å²) in [7, 11) is -3.63. The van der Waals surface area contributed by atoms with Crippen LogP contribution >= 0.6 is 0 Å². The van der Waals surface area contributed by atoms with Gasteiger partial charge in [-0.1, -0.05) is 60.7 Å². The highest BCUT2D eigenvalue weighted by Gasteiger charge is 2.16. The van der Waals surface area contributed by atoms with Crippen LogP contribution in [0.4, 0.5) is 0 Å². The van der Waals surface area contributed by atoms with Gasteiger partial charge in [-0.15, -0.1) is 0 Å². The molecule has 0 aliphatic carbocycles. The lowest BCUT2D eigenvalue weighted by atomic mass is 10.1. The van der Waals surface area contributed by atoms with Crippen LogP contribution in [-0.2, 0) is 10.0 Å². The van der Waals surface area contributed by atoms with Gasteiger partial charge in [0.2, 0.25) is 10.0 Å². The molecular formula is C16H17NO3S. The summed E-state index contributed by atoms with van der Waals surface area (Å²) in [6.45, 7) is -0.303. The molecule has 0 amide bonds. The second-order valence-electron chi connectivity index (χ2n) is 4.52. The summed E-state index contributed by atoms with van der Waals surface area (Å²) in [6, 6.07) is 17.5. The minimum atomic E-state index is -3.63. The Morgan fingerprint density at radius 1 is 1.00 bits per heavy atom. The normalized spacial score (nSPS) is 13.4. The van der Waals surface area contributed by atoms with Crippen LogP contribution in [0.2, 0.25) is 0 Å². The molecule has 0 saturated heterocycles. The van der Waals surface area contributed by atoms with E-state index in [1.54, 1.807) is 24.3 Å². The van der Waals surface area contributed by atoms with Crippen molar-refractivity contribution in [2.45, 2.75) is 6.04 Å². The Morgan fingerprint density at radius 2 is 1.57 bits per heavy atom. The lowest BCUT2D eigenvalue weighted by Crippen LogP contribution is -2.29. The molecular weight excluding hydrogens is 286 g/mol. The molecule has 0 spiro atoms. The Kier molecular flexibility index (Phi) is 5.27. The first-order valence-corrected chi connectivity index (χ1v) is 8.06. The van der Waals surface area contributed by atoms with Gasteiger partial charge in [-0.3, -0.25) is 0 Å². The van der Waals surface area contributed by atoms with Gasteiger partial charge in [-0.2, -0.15) is 0 Å². The Balaban J connectivity index is 2.11. The van der Waals surface area contributed by atoms with Crippen molar-refractivity contribution in [2.75, 3.05) is 6.61 Å². The van der Waals surface area contributed by atoms with Gasteiger partial charge in [-0.25, -0.2) is 13.1 Å². The summed E-state index contributed by atoms with van der Waals surface area (Å²) in [5, 5.41) is 10.5. The Hall–Kier alpha value is -1.95. The van der Waals surface area contributed by atoms with E-state index >= 15 is 0 Å². The zero-order valence-corrected chi connectivity index (χ0v) is 12.2. The smallest absolute Gasteiger partial charge is 0.234 e. The number of aliphatic hydroxyl groups excluding tert-OH is 1. The van der Waals surface area contributed by atoms with Gasteiger partial charge in [0.05, 0.1) is 12.6 Å². The summed E-state index contributed by atoms with van der Waals surface area (Å²) in [4.78, 5) is 0. The summed E-state index contributed by atoms with van der Waals surface area (Å²) in [5.41, 5.74) is 1.51. The lowest BCUT2D eigenvalue weighted by molar-refractivity contribution is 0.259. The minimum absolute atomic E-state index is 0.303. The largest absolute Gasteiger partial charge is 0.394 e. The number of hydrogen-bond acceptors (Lipinski definition) is 3. The van der Waals surface area contributed by atoms with E-state index in [1.165, 1.54) is 6.08 Å². The molecule has 1 atom stereocenters. The van der Waals surface area contributed by atoms with Crippen molar-refractivity contribution >= 4 is 16.1 Å². The molecule has 0 radical (unpaired) electrons. The molecule has 110 valence electrons. The molecule has 0 bridgehead atoms. The average molecular weight is 303 g/mol. The van der Waals surface area contributed by atoms with E-state index in [1.807, 2.05) is 36.4 Å². The highest BCUT2D eigenvalue weighted by molar-refractivity contribution is 7.92. The molecule has 0 saturated carbocycles. The van der Waals surface area contributed by atoms with Crippen LogP contribution in [0, 0.1) is 0 Å². The molecule has 0 heterocycles. The Labute approximate surface area is 124 Å². The zero-order chi connectivity index (χ0) is 15.1. The van der Waals surface area contributed by atoms with Crippen molar-refractivity contribution in [1.29, 1.82) is 0 Å². The minimum Gasteiger partial charge on any atom is -0.394 e. The van der Waals surface area contributed by atoms with Crippen LogP contribution in [0.1, 0.15) is 17.2 Å². The van der Waals surface area contributed by atoms with E-state index in [4.69, 9.17) is 0 Å². The molecule has 0 aliphatic rings. The van der Waals surface area contributed by atoms with E-state index in [0.717, 1.165) is 16.5 Å². The third-order valence-electron chi connectivity index (χ3n) is 2.93. The molecule has 0 aliphatic heterocycles. The van der Waals surface area contributed by atoms with E-state index in [-0.39, 0.29) is 6.61 Å². The van der Waals surface area contributed by atoms with Crippen molar-refractivity contribution in [1.82, 2.24) is 4.72 Å². The Morgan fingerprint density at radius 3 is 2.14 bits per heavy atom. The molecule has 4 nitrogen and oxygen atoms in total. The van der Waals surface area contributed by atoms with E-state index < -0.39 is 16.1 Å². The van der Waals surface area contributed by atoms with Crippen LogP contribution in [0.5, 0.6) is 0 Å². The first-order valence-electron chi connectivity index (χ1n) is 6.52. The van der Waals surface area contributed by atoms with Crippen molar-refractivity contribution in [2.24, 2.45) is 0 Å². The van der Waals surface area contributed by atoms with Gasteiger partial charge in [0.15, 0.2) is 0 Å². The fourth-order valence-electron chi connectivity index (χ4n) is 1.87. The van der Waals surface area contributed by atoms with E-state index in [9.17, 15) is 13.5 Å². The number of benzene rings is 2. The molecule has 2 rings (SSSR count). The van der Waals surface area contributed by atoms with Crippen molar-refractivity contribution in [3.63, 3.8) is 0 Å². The Bertz CT molecular complexity index is 682. The SMILES string of the molecule is O=S(=O)(C=Cc1ccccc1)NC(CO)c1ccccc1. The summed E-state index contributed by atoms with van der Waals surface area (Å²) < 4.78 is 26.5. The van der Waals surface area contributed by atoms with Gasteiger partial charge in [0.1, 0.15) is 0 Å². The molecule has 5 heteroatoms. The third kappa shape index (κ3) is 4.82. The van der Waals surface area contributed by atoms with E-state index in [2.05, 4.69) is 4.72 Å².